The monoisotopic (exact) mass is 472 g/mol. The fraction of sp³-hybridized carbons (Fsp3) is 1.00. The van der Waals surface area contributed by atoms with Crippen molar-refractivity contribution in [2.45, 2.75) is 57.5 Å². The van der Waals surface area contributed by atoms with Gasteiger partial charge >= 0.3 is 20.9 Å². The molecule has 0 aromatic heterocycles. The van der Waals surface area contributed by atoms with Crippen LogP contribution < -0.4 is 0 Å². The molecule has 26 heavy (non-hydrogen) atoms. The Kier molecular flexibility index (Phi) is 10.3. The van der Waals surface area contributed by atoms with Crippen LogP contribution >= 0.6 is 0 Å². The van der Waals surface area contributed by atoms with Gasteiger partial charge in [0.15, 0.2) is 0 Å². The molecule has 0 bridgehead atoms. The molecule has 1 saturated heterocycles. The van der Waals surface area contributed by atoms with Crippen molar-refractivity contribution < 1.29 is 42.9 Å². The minimum atomic E-state index is -4.13. The van der Waals surface area contributed by atoms with Crippen LogP contribution in [0.2, 0.25) is 38.8 Å². The second-order valence-electron chi connectivity index (χ2n) is 6.27. The SMILES string of the molecule is C[SiH]1O[SiH](C)O[SiH](C)O[Si](C)(CCCOCC(F)(F)C(F)F)O[SiH](C)O1. The summed E-state index contributed by atoms with van der Waals surface area (Å²) < 4.78 is 84.3. The molecule has 0 aromatic rings. The topological polar surface area (TPSA) is 55.4 Å². The summed E-state index contributed by atoms with van der Waals surface area (Å²) in [5, 5.41) is 0. The van der Waals surface area contributed by atoms with Gasteiger partial charge in [-0.2, -0.15) is 8.78 Å². The zero-order chi connectivity index (χ0) is 20.0. The van der Waals surface area contributed by atoms with E-state index >= 15 is 0 Å². The zero-order valence-electron chi connectivity index (χ0n) is 15.7. The van der Waals surface area contributed by atoms with Gasteiger partial charge < -0.3 is 25.3 Å². The molecule has 4 unspecified atom stereocenters. The molecule has 0 spiro atoms. The summed E-state index contributed by atoms with van der Waals surface area (Å²) in [5.41, 5.74) is 0. The van der Waals surface area contributed by atoms with Crippen LogP contribution in [-0.2, 0) is 25.3 Å². The van der Waals surface area contributed by atoms with Crippen molar-refractivity contribution in [1.82, 2.24) is 0 Å². The molecule has 1 heterocycles. The highest BCUT2D eigenvalue weighted by Crippen LogP contribution is 2.24. The number of ether oxygens (including phenoxy) is 1. The predicted molar refractivity (Wildman–Crippen MR) is 100 cm³/mol. The van der Waals surface area contributed by atoms with Crippen molar-refractivity contribution in [3.8, 4) is 0 Å². The maximum absolute atomic E-state index is 12.8. The number of alkyl halides is 4. The second kappa shape index (κ2) is 10.9. The van der Waals surface area contributed by atoms with Crippen molar-refractivity contribution >= 4 is 45.7 Å². The van der Waals surface area contributed by atoms with E-state index in [2.05, 4.69) is 0 Å². The summed E-state index contributed by atoms with van der Waals surface area (Å²) >= 11 is 0. The van der Waals surface area contributed by atoms with Crippen LogP contribution in [0.25, 0.3) is 0 Å². The van der Waals surface area contributed by atoms with E-state index in [4.69, 9.17) is 25.3 Å². The quantitative estimate of drug-likeness (QED) is 0.320. The molecule has 6 nitrogen and oxygen atoms in total. The van der Waals surface area contributed by atoms with E-state index in [0.29, 0.717) is 12.5 Å². The van der Waals surface area contributed by atoms with Gasteiger partial charge in [-0.15, -0.1) is 0 Å². The van der Waals surface area contributed by atoms with Crippen LogP contribution in [0.1, 0.15) is 6.42 Å². The van der Waals surface area contributed by atoms with Gasteiger partial charge in [-0.25, -0.2) is 8.78 Å². The Morgan fingerprint density at radius 2 is 1.38 bits per heavy atom. The Balaban J connectivity index is 2.54. The highest BCUT2D eigenvalue weighted by molar-refractivity contribution is 6.80. The minimum Gasteiger partial charge on any atom is -0.420 e. The fourth-order valence-electron chi connectivity index (χ4n) is 2.54. The van der Waals surface area contributed by atoms with E-state index in [1.54, 1.807) is 0 Å². The summed E-state index contributed by atoms with van der Waals surface area (Å²) in [7, 11) is -10.1. The van der Waals surface area contributed by atoms with Crippen LogP contribution in [0.5, 0.6) is 0 Å². The predicted octanol–water partition coefficient (Wildman–Crippen LogP) is 1.86. The van der Waals surface area contributed by atoms with E-state index in [0.717, 1.165) is 0 Å². The van der Waals surface area contributed by atoms with Gasteiger partial charge in [0, 0.05) is 6.61 Å². The maximum atomic E-state index is 12.8. The van der Waals surface area contributed by atoms with Crippen molar-refractivity contribution in [1.29, 1.82) is 0 Å². The molecule has 1 aliphatic rings. The van der Waals surface area contributed by atoms with Gasteiger partial charge in [-0.3, -0.25) is 0 Å². The Morgan fingerprint density at radius 1 is 0.923 bits per heavy atom. The third kappa shape index (κ3) is 9.17. The lowest BCUT2D eigenvalue weighted by Crippen LogP contribution is -2.52. The highest BCUT2D eigenvalue weighted by Gasteiger charge is 2.41. The molecule has 1 aliphatic heterocycles. The third-order valence-electron chi connectivity index (χ3n) is 3.51. The Morgan fingerprint density at radius 3 is 1.85 bits per heavy atom. The molecule has 0 aliphatic carbocycles. The van der Waals surface area contributed by atoms with Gasteiger partial charge in [-0.05, 0) is 45.2 Å². The van der Waals surface area contributed by atoms with Crippen LogP contribution in [0.15, 0.2) is 0 Å². The standard InChI is InChI=1S/C11H28F4O6Si5/c1-22-17-23(2)19-25(4)21-26(5,20-24(3)18-22)8-6-7-16-9-11(14,15)10(12)13/h10,22-25H,6-9H2,1-5H3. The lowest BCUT2D eigenvalue weighted by molar-refractivity contribution is -0.165. The summed E-state index contributed by atoms with van der Waals surface area (Å²) in [4.78, 5) is 0. The number of hydrogen-bond donors (Lipinski definition) is 0. The lowest BCUT2D eigenvalue weighted by Gasteiger charge is -2.36. The largest absolute Gasteiger partial charge is 0.420 e. The number of halogens is 4. The minimum absolute atomic E-state index is 0.0649. The summed E-state index contributed by atoms with van der Waals surface area (Å²) in [6, 6.07) is 0.487. The first kappa shape index (κ1) is 24.6. The number of hydrogen-bond acceptors (Lipinski definition) is 6. The molecule has 0 amide bonds. The van der Waals surface area contributed by atoms with Crippen molar-refractivity contribution in [2.75, 3.05) is 13.2 Å². The molecule has 156 valence electrons. The van der Waals surface area contributed by atoms with Crippen molar-refractivity contribution in [3.63, 3.8) is 0 Å². The molecule has 0 aromatic carbocycles. The van der Waals surface area contributed by atoms with E-state index in [1.807, 2.05) is 32.7 Å². The summed E-state index contributed by atoms with van der Waals surface area (Å²) in [5.74, 6) is -4.13. The fourth-order valence-corrected chi connectivity index (χ4v) is 20.2. The molecule has 4 atom stereocenters. The Bertz CT molecular complexity index is 409. The number of rotatable bonds is 7. The molecule has 1 fully saturated rings. The third-order valence-corrected chi connectivity index (χ3v) is 20.6. The summed E-state index contributed by atoms with van der Waals surface area (Å²) in [6.07, 6.45) is -3.35. The smallest absolute Gasteiger partial charge is 0.330 e. The first-order valence-corrected chi connectivity index (χ1v) is 19.4. The van der Waals surface area contributed by atoms with Gasteiger partial charge in [0.1, 0.15) is 6.61 Å². The van der Waals surface area contributed by atoms with Gasteiger partial charge in [0.05, 0.1) is 0 Å². The first-order chi connectivity index (χ1) is 11.9. The highest BCUT2D eigenvalue weighted by atomic mass is 28.5. The van der Waals surface area contributed by atoms with Crippen molar-refractivity contribution in [3.05, 3.63) is 0 Å². The molecule has 15 heteroatoms. The van der Waals surface area contributed by atoms with Gasteiger partial charge in [0.2, 0.25) is 0 Å². The summed E-state index contributed by atoms with van der Waals surface area (Å²) in [6.45, 7) is 8.21. The first-order valence-electron chi connectivity index (χ1n) is 8.49. The van der Waals surface area contributed by atoms with Crippen LogP contribution in [-0.4, -0.2) is 71.3 Å². The van der Waals surface area contributed by atoms with Crippen LogP contribution in [0, 0.1) is 0 Å². The molecule has 0 saturated carbocycles. The molecule has 0 radical (unpaired) electrons. The van der Waals surface area contributed by atoms with E-state index < -0.39 is 64.7 Å². The average molecular weight is 473 g/mol. The normalized spacial score (nSPS) is 34.8. The maximum Gasteiger partial charge on any atom is 0.330 e. The van der Waals surface area contributed by atoms with E-state index in [-0.39, 0.29) is 6.61 Å². The van der Waals surface area contributed by atoms with E-state index in [9.17, 15) is 17.6 Å². The molecular formula is C11H28F4O6Si5. The van der Waals surface area contributed by atoms with Crippen LogP contribution in [0.4, 0.5) is 17.6 Å². The molecule has 1 rings (SSSR count). The Hall–Kier alpha value is 0.564. The average Bonchev–Trinajstić information content (AvgIpc) is 2.44. The lowest BCUT2D eigenvalue weighted by atomic mass is 10.4. The van der Waals surface area contributed by atoms with Gasteiger partial charge in [-0.1, -0.05) is 0 Å². The van der Waals surface area contributed by atoms with Crippen molar-refractivity contribution in [2.24, 2.45) is 0 Å². The second-order valence-corrected chi connectivity index (χ2v) is 18.7. The zero-order valence-corrected chi connectivity index (χ0v) is 21.3. The van der Waals surface area contributed by atoms with E-state index in [1.165, 1.54) is 0 Å². The molecule has 0 N–H and O–H groups in total. The van der Waals surface area contributed by atoms with Crippen LogP contribution in [0.3, 0.4) is 0 Å². The molecular weight excluding hydrogens is 445 g/mol. The van der Waals surface area contributed by atoms with Gasteiger partial charge in [0.25, 0.3) is 37.1 Å². The Labute approximate surface area is 159 Å².